The molecule has 0 aliphatic carbocycles. The van der Waals surface area contributed by atoms with E-state index in [1.807, 2.05) is 0 Å². The Labute approximate surface area is 128 Å². The lowest BCUT2D eigenvalue weighted by Gasteiger charge is -2.03. The van der Waals surface area contributed by atoms with Crippen molar-refractivity contribution in [3.8, 4) is 6.07 Å². The largest absolute Gasteiger partial charge is 0.360 e. The Morgan fingerprint density at radius 3 is 2.71 bits per heavy atom. The molecule has 0 bridgehead atoms. The molecule has 0 fully saturated rings. The summed E-state index contributed by atoms with van der Waals surface area (Å²) in [6, 6.07) is 11.1. The Kier molecular flexibility index (Phi) is 3.32. The van der Waals surface area contributed by atoms with Gasteiger partial charge in [-0.3, -0.25) is 4.79 Å². The van der Waals surface area contributed by atoms with Crippen molar-refractivity contribution >= 4 is 32.6 Å². The first-order valence-corrected chi connectivity index (χ1v) is 6.90. The van der Waals surface area contributed by atoms with Gasteiger partial charge in [0.05, 0.1) is 11.6 Å². The van der Waals surface area contributed by atoms with Crippen LogP contribution in [0, 0.1) is 17.1 Å². The maximum absolute atomic E-state index is 13.1. The van der Waals surface area contributed by atoms with Gasteiger partial charge in [0.15, 0.2) is 5.78 Å². The molecule has 3 rings (SSSR count). The molecule has 0 aliphatic rings. The fourth-order valence-electron chi connectivity index (χ4n) is 2.20. The first-order valence-electron chi connectivity index (χ1n) is 6.11. The summed E-state index contributed by atoms with van der Waals surface area (Å²) in [5.74, 6) is -0.617. The van der Waals surface area contributed by atoms with Gasteiger partial charge in [0.2, 0.25) is 0 Å². The third-order valence-corrected chi connectivity index (χ3v) is 3.89. The fourth-order valence-corrected chi connectivity index (χ4v) is 2.73. The molecular weight excluding hydrogens is 335 g/mol. The summed E-state index contributed by atoms with van der Waals surface area (Å²) in [5, 5.41) is 9.61. The zero-order valence-electron chi connectivity index (χ0n) is 10.7. The number of ketones is 1. The quantitative estimate of drug-likeness (QED) is 0.710. The number of hydrogen-bond donors (Lipinski definition) is 1. The van der Waals surface area contributed by atoms with Gasteiger partial charge >= 0.3 is 0 Å². The van der Waals surface area contributed by atoms with Crippen molar-refractivity contribution in [3.63, 3.8) is 0 Å². The van der Waals surface area contributed by atoms with Gasteiger partial charge in [-0.15, -0.1) is 0 Å². The second-order valence-corrected chi connectivity index (χ2v) is 5.38. The van der Waals surface area contributed by atoms with Crippen LogP contribution in [0.4, 0.5) is 4.39 Å². The van der Waals surface area contributed by atoms with E-state index in [1.54, 1.807) is 24.4 Å². The molecule has 0 amide bonds. The van der Waals surface area contributed by atoms with E-state index in [1.165, 1.54) is 18.2 Å². The van der Waals surface area contributed by atoms with Crippen LogP contribution in [0.5, 0.6) is 0 Å². The molecule has 3 nitrogen and oxygen atoms in total. The average molecular weight is 343 g/mol. The molecule has 1 heterocycles. The van der Waals surface area contributed by atoms with Gasteiger partial charge in [-0.1, -0.05) is 6.07 Å². The van der Waals surface area contributed by atoms with Crippen molar-refractivity contribution < 1.29 is 9.18 Å². The number of aromatic amines is 1. The Morgan fingerprint density at radius 2 is 2.00 bits per heavy atom. The number of carbonyl (C=O) groups is 1. The van der Waals surface area contributed by atoms with Crippen LogP contribution in [0.2, 0.25) is 0 Å². The molecule has 5 heteroatoms. The number of benzene rings is 2. The Bertz CT molecular complexity index is 908. The monoisotopic (exact) mass is 342 g/mol. The lowest BCUT2D eigenvalue weighted by molar-refractivity contribution is 0.103. The molecule has 0 unspecified atom stereocenters. The number of H-pyrrole nitrogens is 1. The minimum absolute atomic E-state index is 0.210. The summed E-state index contributed by atoms with van der Waals surface area (Å²) in [4.78, 5) is 15.6. The predicted molar refractivity (Wildman–Crippen MR) is 80.5 cm³/mol. The van der Waals surface area contributed by atoms with Gasteiger partial charge < -0.3 is 4.98 Å². The summed E-state index contributed by atoms with van der Waals surface area (Å²) < 4.78 is 13.5. The van der Waals surface area contributed by atoms with Crippen LogP contribution >= 0.6 is 15.9 Å². The van der Waals surface area contributed by atoms with Crippen molar-refractivity contribution in [2.45, 2.75) is 0 Å². The number of nitrogens with one attached hydrogen (secondary N) is 1. The maximum Gasteiger partial charge on any atom is 0.196 e. The highest BCUT2D eigenvalue weighted by atomic mass is 79.9. The highest BCUT2D eigenvalue weighted by molar-refractivity contribution is 9.10. The van der Waals surface area contributed by atoms with Gasteiger partial charge in [0, 0.05) is 32.7 Å². The van der Waals surface area contributed by atoms with E-state index < -0.39 is 5.82 Å². The summed E-state index contributed by atoms with van der Waals surface area (Å²) in [6.45, 7) is 0. The lowest BCUT2D eigenvalue weighted by atomic mass is 10.0. The smallest absolute Gasteiger partial charge is 0.196 e. The van der Waals surface area contributed by atoms with Gasteiger partial charge in [-0.25, -0.2) is 4.39 Å². The second kappa shape index (κ2) is 5.15. The van der Waals surface area contributed by atoms with Crippen LogP contribution in [-0.2, 0) is 0 Å². The molecule has 1 N–H and O–H groups in total. The molecular formula is C16H8BrFN2O. The highest BCUT2D eigenvalue weighted by Gasteiger charge is 2.17. The molecule has 102 valence electrons. The second-order valence-electron chi connectivity index (χ2n) is 4.53. The topological polar surface area (TPSA) is 56.6 Å². The summed E-state index contributed by atoms with van der Waals surface area (Å²) in [5.41, 5.74) is 2.12. The lowest BCUT2D eigenvalue weighted by Crippen LogP contribution is -2.01. The number of hydrogen-bond acceptors (Lipinski definition) is 2. The molecule has 21 heavy (non-hydrogen) atoms. The van der Waals surface area contributed by atoms with Crippen LogP contribution in [-0.4, -0.2) is 10.8 Å². The van der Waals surface area contributed by atoms with Crippen molar-refractivity contribution in [1.82, 2.24) is 4.98 Å². The van der Waals surface area contributed by atoms with E-state index in [4.69, 9.17) is 5.26 Å². The highest BCUT2D eigenvalue weighted by Crippen LogP contribution is 2.26. The van der Waals surface area contributed by atoms with E-state index in [2.05, 4.69) is 27.0 Å². The van der Waals surface area contributed by atoms with E-state index in [0.29, 0.717) is 21.2 Å². The van der Waals surface area contributed by atoms with Gasteiger partial charge in [-0.05, 0) is 46.3 Å². The third-order valence-electron chi connectivity index (χ3n) is 3.23. The average Bonchev–Trinajstić information content (AvgIpc) is 2.89. The van der Waals surface area contributed by atoms with Crippen LogP contribution in [0.1, 0.15) is 21.5 Å². The number of aromatic nitrogens is 1. The molecule has 2 aromatic carbocycles. The summed E-state index contributed by atoms with van der Waals surface area (Å²) in [6.07, 6.45) is 1.60. The number of halogens is 2. The van der Waals surface area contributed by atoms with Crippen LogP contribution in [0.15, 0.2) is 47.1 Å². The zero-order valence-corrected chi connectivity index (χ0v) is 12.2. The van der Waals surface area contributed by atoms with Crippen molar-refractivity contribution in [3.05, 3.63) is 69.6 Å². The van der Waals surface area contributed by atoms with E-state index >= 15 is 0 Å². The number of carbonyl (C=O) groups excluding carboxylic acids is 1. The maximum atomic E-state index is 13.1. The Balaban J connectivity index is 2.12. The minimum atomic E-state index is -0.406. The van der Waals surface area contributed by atoms with E-state index in [-0.39, 0.29) is 5.78 Å². The summed E-state index contributed by atoms with van der Waals surface area (Å²) >= 11 is 3.21. The van der Waals surface area contributed by atoms with Gasteiger partial charge in [0.25, 0.3) is 0 Å². The van der Waals surface area contributed by atoms with Gasteiger partial charge in [-0.2, -0.15) is 5.26 Å². The minimum Gasteiger partial charge on any atom is -0.360 e. The Morgan fingerprint density at radius 1 is 1.19 bits per heavy atom. The predicted octanol–water partition coefficient (Wildman–Crippen LogP) is 4.17. The van der Waals surface area contributed by atoms with Crippen molar-refractivity contribution in [1.29, 1.82) is 5.26 Å². The summed E-state index contributed by atoms with van der Waals surface area (Å²) in [7, 11) is 0. The van der Waals surface area contributed by atoms with Crippen molar-refractivity contribution in [2.75, 3.05) is 0 Å². The molecule has 0 saturated heterocycles. The molecule has 0 saturated carbocycles. The molecule has 0 spiro atoms. The molecule has 3 aromatic rings. The normalized spacial score (nSPS) is 10.5. The van der Waals surface area contributed by atoms with E-state index in [0.717, 1.165) is 10.9 Å². The van der Waals surface area contributed by atoms with Crippen LogP contribution in [0.25, 0.3) is 10.9 Å². The SMILES string of the molecule is N#Cc1ccc2c(C(=O)c3ccc(F)cc3Br)c[nH]c2c1. The number of fused-ring (bicyclic) bond motifs is 1. The standard InChI is InChI=1S/C16H8BrFN2O/c17-14-6-10(18)2-4-12(14)16(21)13-8-20-15-5-9(7-19)1-3-11(13)15/h1-6,8,20H. The van der Waals surface area contributed by atoms with Crippen LogP contribution in [0.3, 0.4) is 0 Å². The number of nitriles is 1. The van der Waals surface area contributed by atoms with Crippen LogP contribution < -0.4 is 0 Å². The third kappa shape index (κ3) is 2.34. The zero-order chi connectivity index (χ0) is 15.0. The first-order chi connectivity index (χ1) is 10.1. The molecule has 0 atom stereocenters. The molecule has 0 radical (unpaired) electrons. The fraction of sp³-hybridized carbons (Fsp3) is 0. The van der Waals surface area contributed by atoms with Crippen molar-refractivity contribution in [2.24, 2.45) is 0 Å². The number of nitrogens with zero attached hydrogens (tertiary/aromatic N) is 1. The number of rotatable bonds is 2. The molecule has 1 aromatic heterocycles. The van der Waals surface area contributed by atoms with E-state index in [9.17, 15) is 9.18 Å². The molecule has 0 aliphatic heterocycles. The first kappa shape index (κ1) is 13.5. The Hall–Kier alpha value is -2.45. The van der Waals surface area contributed by atoms with Gasteiger partial charge in [0.1, 0.15) is 5.82 Å².